The van der Waals surface area contributed by atoms with Crippen LogP contribution in [0.3, 0.4) is 0 Å². The number of aliphatic hydroxyl groups excluding tert-OH is 1. The summed E-state index contributed by atoms with van der Waals surface area (Å²) in [5.74, 6) is -2.85. The van der Waals surface area contributed by atoms with E-state index in [-0.39, 0.29) is 18.7 Å². The summed E-state index contributed by atoms with van der Waals surface area (Å²) in [6.45, 7) is 3.45. The number of imidazole rings is 1. The van der Waals surface area contributed by atoms with Crippen LogP contribution < -0.4 is 0 Å². The fourth-order valence-electron chi connectivity index (χ4n) is 5.38. The Morgan fingerprint density at radius 1 is 1.31 bits per heavy atom. The molecule has 4 heterocycles. The van der Waals surface area contributed by atoms with Crippen molar-refractivity contribution in [2.24, 2.45) is 11.3 Å². The number of β-lactam (4-membered cyclic amide) rings is 1. The lowest BCUT2D eigenvalue weighted by Gasteiger charge is -2.50. The normalized spacial score (nSPS) is 24.1. The van der Waals surface area contributed by atoms with Crippen molar-refractivity contribution in [3.63, 3.8) is 0 Å². The molecule has 0 radical (unpaired) electrons. The number of hydrogen-bond donors (Lipinski definition) is 2. The number of amides is 1. The summed E-state index contributed by atoms with van der Waals surface area (Å²) in [5, 5.41) is 21.4. The number of nitrogens with zero attached hydrogens (tertiary/aromatic N) is 3. The molecule has 1 fully saturated rings. The minimum Gasteiger partial charge on any atom is -0.477 e. The molecule has 1 unspecified atom stereocenters. The highest BCUT2D eigenvalue weighted by atomic mass is 32.2. The van der Waals surface area contributed by atoms with E-state index in [1.54, 1.807) is 43.6 Å². The van der Waals surface area contributed by atoms with Crippen molar-refractivity contribution in [1.82, 2.24) is 14.3 Å². The number of carboxylic acids is 1. The van der Waals surface area contributed by atoms with Crippen molar-refractivity contribution in [2.75, 3.05) is 12.9 Å². The fraction of sp³-hybridized carbons (Fsp3) is 0.360. The zero-order valence-electron chi connectivity index (χ0n) is 19.9. The Hall–Kier alpha value is -3.15. The third-order valence-electron chi connectivity index (χ3n) is 7.05. The molecule has 0 aliphatic carbocycles. The van der Waals surface area contributed by atoms with Crippen LogP contribution in [0.25, 0.3) is 10.4 Å². The van der Waals surface area contributed by atoms with E-state index >= 15 is 0 Å². The molecule has 0 saturated carbocycles. The second-order valence-corrected chi connectivity index (χ2v) is 11.0. The first-order valence-corrected chi connectivity index (χ1v) is 13.5. The molecule has 2 aliphatic heterocycles. The van der Waals surface area contributed by atoms with E-state index in [0.29, 0.717) is 16.0 Å². The van der Waals surface area contributed by atoms with Gasteiger partial charge in [0.1, 0.15) is 21.9 Å². The number of thiazole rings is 1. The smallest absolute Gasteiger partial charge is 0.352 e. The Kier molecular flexibility index (Phi) is 6.17. The maximum Gasteiger partial charge on any atom is 0.352 e. The van der Waals surface area contributed by atoms with Gasteiger partial charge in [0.25, 0.3) is 0 Å². The van der Waals surface area contributed by atoms with Gasteiger partial charge in [-0.2, -0.15) is 0 Å². The first kappa shape index (κ1) is 24.5. The van der Waals surface area contributed by atoms with E-state index in [0.717, 1.165) is 9.86 Å². The number of rotatable bonds is 8. The van der Waals surface area contributed by atoms with E-state index in [1.807, 2.05) is 23.8 Å². The van der Waals surface area contributed by atoms with E-state index in [2.05, 4.69) is 4.98 Å². The van der Waals surface area contributed by atoms with Gasteiger partial charge in [-0.1, -0.05) is 25.1 Å². The molecule has 188 valence electrons. The molecule has 2 N–H and O–H groups in total. The van der Waals surface area contributed by atoms with Crippen molar-refractivity contribution < 1.29 is 29.3 Å². The number of thioether (sulfide) groups is 1. The number of esters is 1. The average Bonchev–Trinajstić information content (AvgIpc) is 3.48. The number of fused-ring (bicyclic) bond motifs is 2. The Morgan fingerprint density at radius 2 is 2.03 bits per heavy atom. The predicted octanol–water partition coefficient (Wildman–Crippen LogP) is 3.39. The number of carbonyl (C=O) groups is 3. The summed E-state index contributed by atoms with van der Waals surface area (Å²) >= 11 is 2.90. The summed E-state index contributed by atoms with van der Waals surface area (Å²) < 4.78 is 7.40. The van der Waals surface area contributed by atoms with Gasteiger partial charge in [0.15, 0.2) is 0 Å². The summed E-state index contributed by atoms with van der Waals surface area (Å²) in [7, 11) is 0. The summed E-state index contributed by atoms with van der Waals surface area (Å²) in [5.41, 5.74) is -0.0328. The van der Waals surface area contributed by atoms with Gasteiger partial charge in [-0.25, -0.2) is 14.6 Å². The van der Waals surface area contributed by atoms with E-state index in [4.69, 9.17) is 4.74 Å². The van der Waals surface area contributed by atoms with Crippen molar-refractivity contribution in [3.8, 4) is 0 Å². The van der Waals surface area contributed by atoms with Gasteiger partial charge >= 0.3 is 11.9 Å². The Bertz CT molecular complexity index is 1400. The highest BCUT2D eigenvalue weighted by Crippen LogP contribution is 2.60. The summed E-state index contributed by atoms with van der Waals surface area (Å²) in [4.78, 5) is 45.3. The molecular weight excluding hydrogens is 502 g/mol. The molecule has 2 aromatic heterocycles. The molecule has 36 heavy (non-hydrogen) atoms. The molecule has 1 aromatic carbocycles. The van der Waals surface area contributed by atoms with E-state index in [1.165, 1.54) is 28.0 Å². The van der Waals surface area contributed by atoms with Crippen molar-refractivity contribution in [2.45, 2.75) is 37.4 Å². The molecule has 5 rings (SSSR count). The molecule has 0 bridgehead atoms. The Balaban J connectivity index is 1.55. The quantitative estimate of drug-likeness (QED) is 0.260. The van der Waals surface area contributed by atoms with Gasteiger partial charge in [-0.3, -0.25) is 9.20 Å². The highest BCUT2D eigenvalue weighted by molar-refractivity contribution is 7.98. The van der Waals surface area contributed by atoms with Gasteiger partial charge in [-0.15, -0.1) is 23.1 Å². The number of aliphatic hydroxyl groups is 1. The second kappa shape index (κ2) is 9.06. The molecule has 9 nitrogen and oxygen atoms in total. The van der Waals surface area contributed by atoms with Gasteiger partial charge < -0.3 is 19.8 Å². The number of hydrogen-bond acceptors (Lipinski definition) is 8. The maximum atomic E-state index is 13.0. The summed E-state index contributed by atoms with van der Waals surface area (Å²) in [6, 6.07) is 8.05. The molecule has 11 heteroatoms. The minimum atomic E-state index is -1.21. The zero-order chi connectivity index (χ0) is 25.8. The molecule has 2 aliphatic rings. The zero-order valence-corrected chi connectivity index (χ0v) is 21.5. The number of ether oxygens (including phenoxy) is 1. The van der Waals surface area contributed by atoms with Crippen LogP contribution in [0, 0.1) is 11.3 Å². The SMILES string of the molecule is CSc1ncn2cc(C3=C(C(=O)O)N4C(=O)[C@H]([C@@H](C)O)[C@@H]4C3(C)CCOC(=O)c3ccccc3)sc12. The number of aliphatic carboxylic acids is 1. The van der Waals surface area contributed by atoms with Gasteiger partial charge in [0.05, 0.1) is 35.1 Å². The Labute approximate surface area is 215 Å². The van der Waals surface area contributed by atoms with Crippen LogP contribution in [-0.2, 0) is 14.3 Å². The maximum absolute atomic E-state index is 13.0. The largest absolute Gasteiger partial charge is 0.477 e. The van der Waals surface area contributed by atoms with Gasteiger partial charge in [0, 0.05) is 17.2 Å². The molecule has 1 amide bonds. The number of benzene rings is 1. The molecule has 0 spiro atoms. The topological polar surface area (TPSA) is 121 Å². The first-order valence-electron chi connectivity index (χ1n) is 11.4. The molecule has 1 saturated heterocycles. The molecule has 3 aromatic rings. The lowest BCUT2D eigenvalue weighted by molar-refractivity contribution is -0.167. The fourth-order valence-corrected chi connectivity index (χ4v) is 7.34. The third kappa shape index (κ3) is 3.64. The lowest BCUT2D eigenvalue weighted by Crippen LogP contribution is -2.66. The minimum absolute atomic E-state index is 0.0214. The standard InChI is InChI=1S/C25H25N3O6S2/c1-13(29)16-19-25(2,9-10-34-24(33)14-7-5-4-6-8-14)17(18(23(31)32)28(19)21(16)30)15-11-27-12-26-20(35-3)22(27)36-15/h4-8,11-13,16,19,29H,9-10H2,1-3H3,(H,31,32)/t13-,16-,19-,25?/m1/s1. The summed E-state index contributed by atoms with van der Waals surface area (Å²) in [6.07, 6.45) is 4.74. The van der Waals surface area contributed by atoms with E-state index in [9.17, 15) is 24.6 Å². The van der Waals surface area contributed by atoms with E-state index < -0.39 is 41.3 Å². The monoisotopic (exact) mass is 527 g/mol. The van der Waals surface area contributed by atoms with Gasteiger partial charge in [-0.05, 0) is 31.7 Å². The first-order chi connectivity index (χ1) is 17.2. The highest BCUT2D eigenvalue weighted by Gasteiger charge is 2.66. The van der Waals surface area contributed by atoms with Crippen molar-refractivity contribution >= 4 is 51.3 Å². The average molecular weight is 528 g/mol. The third-order valence-corrected chi connectivity index (χ3v) is 8.99. The molecule has 4 atom stereocenters. The van der Waals surface area contributed by atoms with Crippen LogP contribution in [0.4, 0.5) is 0 Å². The van der Waals surface area contributed by atoms with Crippen LogP contribution in [0.5, 0.6) is 0 Å². The lowest BCUT2D eigenvalue weighted by atomic mass is 9.65. The Morgan fingerprint density at radius 3 is 2.67 bits per heavy atom. The van der Waals surface area contributed by atoms with Crippen LogP contribution in [-0.4, -0.2) is 67.4 Å². The number of carbonyl (C=O) groups excluding carboxylic acids is 2. The number of aromatic nitrogens is 2. The number of carboxylic acid groups (broad SMARTS) is 1. The van der Waals surface area contributed by atoms with Crippen molar-refractivity contribution in [1.29, 1.82) is 0 Å². The van der Waals surface area contributed by atoms with Crippen LogP contribution in [0.15, 0.2) is 53.6 Å². The van der Waals surface area contributed by atoms with Crippen molar-refractivity contribution in [3.05, 3.63) is 59.0 Å². The van der Waals surface area contributed by atoms with Crippen LogP contribution >= 0.6 is 23.1 Å². The molecular formula is C25H25N3O6S2. The van der Waals surface area contributed by atoms with Gasteiger partial charge in [0.2, 0.25) is 5.91 Å². The van der Waals surface area contributed by atoms with Crippen LogP contribution in [0.1, 0.15) is 35.5 Å². The predicted molar refractivity (Wildman–Crippen MR) is 135 cm³/mol. The second-order valence-electron chi connectivity index (χ2n) is 9.18. The van der Waals surface area contributed by atoms with Crippen LogP contribution in [0.2, 0.25) is 0 Å².